The van der Waals surface area contributed by atoms with Gasteiger partial charge in [-0.15, -0.1) is 6.58 Å². The highest BCUT2D eigenvalue weighted by Crippen LogP contribution is 2.11. The monoisotopic (exact) mass is 231 g/mol. The molecule has 94 valence electrons. The van der Waals surface area contributed by atoms with E-state index < -0.39 is 0 Å². The molecular weight excluding hydrogens is 206 g/mol. The number of hydrogen-bond donors (Lipinski definition) is 0. The smallest absolute Gasteiger partial charge is 0.0626 e. The van der Waals surface area contributed by atoms with Crippen molar-refractivity contribution in [3.05, 3.63) is 55.1 Å². The summed E-state index contributed by atoms with van der Waals surface area (Å²) in [5.41, 5.74) is 1.85. The average molecular weight is 231 g/mol. The summed E-state index contributed by atoms with van der Waals surface area (Å²) in [7, 11) is 0. The Balaban J connectivity index is 0. The minimum absolute atomic E-state index is 0.784. The van der Waals surface area contributed by atoms with Crippen molar-refractivity contribution >= 4 is 11.9 Å². The van der Waals surface area contributed by atoms with Crippen LogP contribution < -0.4 is 0 Å². The second-order valence-electron chi connectivity index (χ2n) is 2.65. The minimum atomic E-state index is 0.784. The zero-order valence-corrected chi connectivity index (χ0v) is 11.6. The predicted molar refractivity (Wildman–Crippen MR) is 81.5 cm³/mol. The maximum absolute atomic E-state index is 4.19. The fourth-order valence-electron chi connectivity index (χ4n) is 0.943. The lowest BCUT2D eigenvalue weighted by Gasteiger charge is -1.97. The zero-order valence-electron chi connectivity index (χ0n) is 11.6. The van der Waals surface area contributed by atoms with Gasteiger partial charge in [-0.1, -0.05) is 70.7 Å². The molecule has 0 heterocycles. The standard InChI is InChI=1S/C12H13N.2C2H6/c1-3-4-10-13-11(2)12-8-6-5-7-9-12;2*1-2/h3,5-10H,1-2,4H2;2*1-2H3. The number of aliphatic imine (C=N–C) groups is 1. The van der Waals surface area contributed by atoms with E-state index in [-0.39, 0.29) is 0 Å². The summed E-state index contributed by atoms with van der Waals surface area (Å²) in [5, 5.41) is 0. The lowest BCUT2D eigenvalue weighted by molar-refractivity contribution is 1.47. The Bertz CT molecular complexity index is 310. The third-order valence-electron chi connectivity index (χ3n) is 1.63. The molecule has 0 N–H and O–H groups in total. The van der Waals surface area contributed by atoms with Gasteiger partial charge >= 0.3 is 0 Å². The Morgan fingerprint density at radius 3 is 2.12 bits per heavy atom. The molecule has 0 saturated heterocycles. The van der Waals surface area contributed by atoms with E-state index >= 15 is 0 Å². The van der Waals surface area contributed by atoms with Gasteiger partial charge in [0.2, 0.25) is 0 Å². The second kappa shape index (κ2) is 14.4. The first-order chi connectivity index (χ1) is 8.34. The van der Waals surface area contributed by atoms with Crippen LogP contribution in [0.1, 0.15) is 39.7 Å². The lowest BCUT2D eigenvalue weighted by Crippen LogP contribution is -1.78. The first-order valence-corrected chi connectivity index (χ1v) is 6.22. The van der Waals surface area contributed by atoms with Gasteiger partial charge in [0.05, 0.1) is 5.70 Å². The maximum atomic E-state index is 4.19. The van der Waals surface area contributed by atoms with E-state index in [0.29, 0.717) is 0 Å². The summed E-state index contributed by atoms with van der Waals surface area (Å²) < 4.78 is 0. The fourth-order valence-corrected chi connectivity index (χ4v) is 0.943. The van der Waals surface area contributed by atoms with Crippen LogP contribution in [0.3, 0.4) is 0 Å². The normalized spacial score (nSPS) is 8.47. The highest BCUT2D eigenvalue weighted by Gasteiger charge is 1.91. The summed E-state index contributed by atoms with van der Waals surface area (Å²) in [4.78, 5) is 4.19. The van der Waals surface area contributed by atoms with E-state index in [1.165, 1.54) is 0 Å². The van der Waals surface area contributed by atoms with E-state index in [9.17, 15) is 0 Å². The van der Waals surface area contributed by atoms with Gasteiger partial charge in [0.25, 0.3) is 0 Å². The third kappa shape index (κ3) is 9.31. The molecule has 0 aliphatic carbocycles. The van der Waals surface area contributed by atoms with Gasteiger partial charge in [-0.2, -0.15) is 0 Å². The zero-order chi connectivity index (χ0) is 13.5. The van der Waals surface area contributed by atoms with Crippen molar-refractivity contribution in [1.29, 1.82) is 0 Å². The van der Waals surface area contributed by atoms with Crippen LogP contribution in [0.5, 0.6) is 0 Å². The molecule has 0 spiro atoms. The van der Waals surface area contributed by atoms with E-state index in [1.807, 2.05) is 70.3 Å². The number of allylic oxidation sites excluding steroid dienone is 1. The van der Waals surface area contributed by atoms with Crippen LogP contribution in [-0.4, -0.2) is 6.21 Å². The highest BCUT2D eigenvalue weighted by molar-refractivity contribution is 5.73. The predicted octanol–water partition coefficient (Wildman–Crippen LogP) is 5.36. The number of benzene rings is 1. The molecule has 1 rings (SSSR count). The van der Waals surface area contributed by atoms with Crippen LogP contribution in [0.2, 0.25) is 0 Å². The van der Waals surface area contributed by atoms with Crippen LogP contribution >= 0.6 is 0 Å². The molecule has 0 unspecified atom stereocenters. The fraction of sp³-hybridized carbons (Fsp3) is 0.312. The maximum Gasteiger partial charge on any atom is 0.0626 e. The molecule has 0 fully saturated rings. The van der Waals surface area contributed by atoms with Crippen LogP contribution in [0, 0.1) is 0 Å². The van der Waals surface area contributed by atoms with Gasteiger partial charge in [-0.05, 0) is 5.56 Å². The van der Waals surface area contributed by atoms with Crippen molar-refractivity contribution in [2.24, 2.45) is 4.99 Å². The molecular formula is C16H25N. The van der Waals surface area contributed by atoms with E-state index in [1.54, 1.807) is 0 Å². The van der Waals surface area contributed by atoms with Crippen molar-refractivity contribution in [1.82, 2.24) is 0 Å². The summed E-state index contributed by atoms with van der Waals surface area (Å²) in [6.07, 6.45) is 4.40. The van der Waals surface area contributed by atoms with Crippen molar-refractivity contribution in [2.75, 3.05) is 0 Å². The topological polar surface area (TPSA) is 12.4 Å². The van der Waals surface area contributed by atoms with E-state index in [0.717, 1.165) is 17.7 Å². The Kier molecular flexibility index (Phi) is 15.0. The highest BCUT2D eigenvalue weighted by atomic mass is 14.7. The van der Waals surface area contributed by atoms with Gasteiger partial charge in [0.15, 0.2) is 0 Å². The molecule has 0 amide bonds. The molecule has 0 atom stereocenters. The summed E-state index contributed by atoms with van der Waals surface area (Å²) >= 11 is 0. The molecule has 0 aliphatic rings. The molecule has 1 aromatic rings. The van der Waals surface area contributed by atoms with Gasteiger partial charge in [-0.3, -0.25) is 4.99 Å². The van der Waals surface area contributed by atoms with Crippen LogP contribution in [0.15, 0.2) is 54.6 Å². The third-order valence-corrected chi connectivity index (χ3v) is 1.63. The van der Waals surface area contributed by atoms with E-state index in [2.05, 4.69) is 18.2 Å². The molecule has 0 radical (unpaired) electrons. The van der Waals surface area contributed by atoms with Gasteiger partial charge < -0.3 is 0 Å². The summed E-state index contributed by atoms with van der Waals surface area (Å²) in [6.45, 7) is 15.5. The van der Waals surface area contributed by atoms with Crippen molar-refractivity contribution in [2.45, 2.75) is 34.1 Å². The molecule has 1 heteroatoms. The van der Waals surface area contributed by atoms with Gasteiger partial charge in [0, 0.05) is 12.6 Å². The van der Waals surface area contributed by atoms with Crippen molar-refractivity contribution in [3.8, 4) is 0 Å². The number of hydrogen-bond acceptors (Lipinski definition) is 1. The quantitative estimate of drug-likeness (QED) is 0.489. The van der Waals surface area contributed by atoms with Crippen molar-refractivity contribution in [3.63, 3.8) is 0 Å². The Morgan fingerprint density at radius 2 is 1.65 bits per heavy atom. The Labute approximate surface area is 107 Å². The Hall–Kier alpha value is -1.63. The van der Waals surface area contributed by atoms with E-state index in [4.69, 9.17) is 0 Å². The van der Waals surface area contributed by atoms with Crippen LogP contribution in [0.4, 0.5) is 0 Å². The lowest BCUT2D eigenvalue weighted by atomic mass is 10.2. The SMILES string of the molecule is C=CCC=NC(=C)c1ccccc1.CC.CC. The molecule has 1 nitrogen and oxygen atoms in total. The Morgan fingerprint density at radius 1 is 1.12 bits per heavy atom. The van der Waals surface area contributed by atoms with Gasteiger partial charge in [-0.25, -0.2) is 0 Å². The summed E-state index contributed by atoms with van der Waals surface area (Å²) in [5.74, 6) is 0. The van der Waals surface area contributed by atoms with Crippen LogP contribution in [0.25, 0.3) is 5.70 Å². The molecule has 17 heavy (non-hydrogen) atoms. The first-order valence-electron chi connectivity index (χ1n) is 6.22. The largest absolute Gasteiger partial charge is 0.261 e. The summed E-state index contributed by atoms with van der Waals surface area (Å²) in [6, 6.07) is 9.92. The minimum Gasteiger partial charge on any atom is -0.261 e. The first kappa shape index (κ1) is 17.8. The molecule has 0 aromatic heterocycles. The number of rotatable bonds is 4. The molecule has 1 aromatic carbocycles. The molecule has 0 aliphatic heterocycles. The van der Waals surface area contributed by atoms with Crippen molar-refractivity contribution < 1.29 is 0 Å². The number of nitrogens with zero attached hydrogens (tertiary/aromatic N) is 1. The molecule has 0 saturated carbocycles. The van der Waals surface area contributed by atoms with Crippen LogP contribution in [-0.2, 0) is 0 Å². The average Bonchev–Trinajstić information content (AvgIpc) is 2.44. The van der Waals surface area contributed by atoms with Gasteiger partial charge in [0.1, 0.15) is 0 Å². The second-order valence-corrected chi connectivity index (χ2v) is 2.65. The molecule has 0 bridgehead atoms.